The number of benzene rings is 1. The zero-order valence-electron chi connectivity index (χ0n) is 23.7. The van der Waals surface area contributed by atoms with Gasteiger partial charge in [-0.25, -0.2) is 0 Å². The van der Waals surface area contributed by atoms with Gasteiger partial charge in [-0.05, 0) is 76.0 Å². The smallest absolute Gasteiger partial charge is 0.243 e. The van der Waals surface area contributed by atoms with Crippen molar-refractivity contribution in [3.8, 4) is 5.75 Å². The van der Waals surface area contributed by atoms with Crippen molar-refractivity contribution in [3.05, 3.63) is 29.5 Å². The maximum Gasteiger partial charge on any atom is 0.243 e. The number of aryl methyl sites for hydroxylation is 1. The number of aromatic nitrogens is 1. The molecular weight excluding hydrogens is 476 g/mol. The average Bonchev–Trinajstić information content (AvgIpc) is 3.27. The zero-order valence-corrected chi connectivity index (χ0v) is 23.7. The molecule has 1 aromatic heterocycles. The van der Waals surface area contributed by atoms with E-state index in [4.69, 9.17) is 4.74 Å². The fraction of sp³-hybridized carbons (Fsp3) is 0.656. The molecule has 3 aliphatic rings. The Morgan fingerprint density at radius 2 is 1.76 bits per heavy atom. The van der Waals surface area contributed by atoms with Crippen LogP contribution >= 0.6 is 0 Å². The van der Waals surface area contributed by atoms with Crippen LogP contribution < -0.4 is 4.74 Å². The first-order chi connectivity index (χ1) is 18.2. The molecule has 0 N–H and O–H groups in total. The van der Waals surface area contributed by atoms with Crippen LogP contribution in [-0.4, -0.2) is 45.1 Å². The number of nitrogens with zero attached hydrogens (tertiary/aromatic N) is 2. The van der Waals surface area contributed by atoms with Crippen molar-refractivity contribution in [1.82, 2.24) is 9.47 Å². The minimum Gasteiger partial charge on any atom is -0.491 e. The van der Waals surface area contributed by atoms with E-state index in [9.17, 15) is 14.4 Å². The minimum absolute atomic E-state index is 0.00551. The van der Waals surface area contributed by atoms with Crippen molar-refractivity contribution in [2.45, 2.75) is 129 Å². The summed E-state index contributed by atoms with van der Waals surface area (Å²) < 4.78 is 8.07. The van der Waals surface area contributed by atoms with E-state index in [1.54, 1.807) is 6.92 Å². The maximum atomic E-state index is 14.0. The standard InChI is InChI=1S/C32H44N2O4/c1-5-28(36)27-17-32-14-12-10-8-6-7-9-11-13-23-15-24(38-21(2)3)16-25-26(22(4)35)19-33(31(23)25)20-30(37)34(27)29(32)18-32/h15-16,19,21,27,29H,5-14,17-18,20H2,1-4H3/t27-,29+,32-/m0/s1. The highest BCUT2D eigenvalue weighted by atomic mass is 16.5. The third kappa shape index (κ3) is 5.15. The Hall–Kier alpha value is -2.63. The van der Waals surface area contributed by atoms with E-state index in [2.05, 4.69) is 6.07 Å². The van der Waals surface area contributed by atoms with Gasteiger partial charge in [-0.1, -0.05) is 45.4 Å². The number of carbonyl (C=O) groups is 3. The molecule has 6 heteroatoms. The van der Waals surface area contributed by atoms with E-state index in [1.165, 1.54) is 38.5 Å². The molecule has 206 valence electrons. The van der Waals surface area contributed by atoms with Crippen molar-refractivity contribution in [3.63, 3.8) is 0 Å². The lowest BCUT2D eigenvalue weighted by Crippen LogP contribution is -2.44. The van der Waals surface area contributed by atoms with Crippen LogP contribution in [-0.2, 0) is 22.6 Å². The molecular formula is C32H44N2O4. The van der Waals surface area contributed by atoms with Crippen molar-refractivity contribution < 1.29 is 19.1 Å². The predicted octanol–water partition coefficient (Wildman–Crippen LogP) is 6.65. The summed E-state index contributed by atoms with van der Waals surface area (Å²) in [4.78, 5) is 41.6. The second kappa shape index (κ2) is 10.9. The molecule has 6 nitrogen and oxygen atoms in total. The molecule has 2 bridgehead atoms. The van der Waals surface area contributed by atoms with Crippen LogP contribution in [0, 0.1) is 5.41 Å². The minimum atomic E-state index is -0.301. The molecule has 1 saturated carbocycles. The van der Waals surface area contributed by atoms with Crippen molar-refractivity contribution in [1.29, 1.82) is 0 Å². The van der Waals surface area contributed by atoms with Crippen LogP contribution in [0.4, 0.5) is 0 Å². The molecule has 2 fully saturated rings. The highest BCUT2D eigenvalue weighted by molar-refractivity contribution is 6.08. The molecule has 0 radical (unpaired) electrons. The summed E-state index contributed by atoms with van der Waals surface area (Å²) in [5.74, 6) is 0.941. The van der Waals surface area contributed by atoms with Crippen LogP contribution in [0.25, 0.3) is 10.9 Å². The Bertz CT molecular complexity index is 1230. The Morgan fingerprint density at radius 1 is 1.05 bits per heavy atom. The first-order valence-corrected chi connectivity index (χ1v) is 14.9. The SMILES string of the molecule is CCC(=O)[C@@H]1C[C@]23CCCCCCCCCc4cc(OC(C)C)cc5c(C(C)=O)cn(c45)CC(=O)N1[C@@H]2C3. The third-order valence-electron chi connectivity index (χ3n) is 9.13. The third-order valence-corrected chi connectivity index (χ3v) is 9.13. The largest absolute Gasteiger partial charge is 0.491 e. The van der Waals surface area contributed by atoms with Gasteiger partial charge in [-0.3, -0.25) is 14.4 Å². The number of carbonyl (C=O) groups excluding carboxylic acids is 3. The van der Waals surface area contributed by atoms with Crippen LogP contribution in [0.1, 0.15) is 114 Å². The Balaban J connectivity index is 1.56. The number of hydrogen-bond donors (Lipinski definition) is 0. The number of Topliss-reactive ketones (excluding diaryl/α,β-unsaturated/α-hetero) is 2. The maximum absolute atomic E-state index is 14.0. The molecule has 0 spiro atoms. The molecule has 3 heterocycles. The monoisotopic (exact) mass is 520 g/mol. The van der Waals surface area contributed by atoms with Gasteiger partial charge in [-0.15, -0.1) is 0 Å². The quantitative estimate of drug-likeness (QED) is 0.414. The van der Waals surface area contributed by atoms with Gasteiger partial charge in [0.05, 0.1) is 17.7 Å². The van der Waals surface area contributed by atoms with Gasteiger partial charge in [0.2, 0.25) is 5.91 Å². The molecule has 38 heavy (non-hydrogen) atoms. The Kier molecular flexibility index (Phi) is 7.70. The highest BCUT2D eigenvalue weighted by Gasteiger charge is 2.65. The Labute approximate surface area is 227 Å². The summed E-state index contributed by atoms with van der Waals surface area (Å²) in [5.41, 5.74) is 2.85. The number of piperidine rings is 1. The van der Waals surface area contributed by atoms with Gasteiger partial charge in [-0.2, -0.15) is 0 Å². The second-order valence-electron chi connectivity index (χ2n) is 12.3. The number of ketones is 2. The Morgan fingerprint density at radius 3 is 2.45 bits per heavy atom. The molecule has 0 unspecified atom stereocenters. The van der Waals surface area contributed by atoms with E-state index >= 15 is 0 Å². The summed E-state index contributed by atoms with van der Waals surface area (Å²) in [6, 6.07) is 3.95. The van der Waals surface area contributed by atoms with Gasteiger partial charge in [0, 0.05) is 29.6 Å². The van der Waals surface area contributed by atoms with Gasteiger partial charge < -0.3 is 14.2 Å². The number of amides is 1. The fourth-order valence-electron chi connectivity index (χ4n) is 7.20. The zero-order chi connectivity index (χ0) is 27.0. The molecule has 1 aromatic carbocycles. The lowest BCUT2D eigenvalue weighted by molar-refractivity contribution is -0.139. The lowest BCUT2D eigenvalue weighted by Gasteiger charge is -2.27. The summed E-state index contributed by atoms with van der Waals surface area (Å²) in [6.45, 7) is 7.66. The topological polar surface area (TPSA) is 68.6 Å². The summed E-state index contributed by atoms with van der Waals surface area (Å²) in [6.07, 6.45) is 14.6. The lowest BCUT2D eigenvalue weighted by atomic mass is 9.91. The van der Waals surface area contributed by atoms with E-state index < -0.39 is 0 Å². The summed E-state index contributed by atoms with van der Waals surface area (Å²) in [7, 11) is 0. The average molecular weight is 521 g/mol. The van der Waals surface area contributed by atoms with Crippen molar-refractivity contribution in [2.24, 2.45) is 5.41 Å². The van der Waals surface area contributed by atoms with E-state index in [0.29, 0.717) is 12.0 Å². The first-order valence-electron chi connectivity index (χ1n) is 14.9. The molecule has 1 saturated heterocycles. The van der Waals surface area contributed by atoms with Crippen LogP contribution in [0.3, 0.4) is 0 Å². The highest BCUT2D eigenvalue weighted by Crippen LogP contribution is 2.62. The summed E-state index contributed by atoms with van der Waals surface area (Å²) in [5, 5.41) is 0.861. The van der Waals surface area contributed by atoms with Gasteiger partial charge in [0.15, 0.2) is 11.6 Å². The number of hydrogen-bond acceptors (Lipinski definition) is 4. The van der Waals surface area contributed by atoms with Crippen molar-refractivity contribution in [2.75, 3.05) is 0 Å². The van der Waals surface area contributed by atoms with E-state index in [-0.39, 0.29) is 47.6 Å². The second-order valence-corrected chi connectivity index (χ2v) is 12.3. The molecule has 2 aromatic rings. The van der Waals surface area contributed by atoms with Gasteiger partial charge in [0.1, 0.15) is 12.3 Å². The van der Waals surface area contributed by atoms with Crippen LogP contribution in [0.5, 0.6) is 5.75 Å². The van der Waals surface area contributed by atoms with Gasteiger partial charge in [0.25, 0.3) is 0 Å². The number of ether oxygens (including phenoxy) is 1. The fourth-order valence-corrected chi connectivity index (χ4v) is 7.20. The van der Waals surface area contributed by atoms with Crippen LogP contribution in [0.2, 0.25) is 0 Å². The summed E-state index contributed by atoms with van der Waals surface area (Å²) >= 11 is 0. The molecule has 3 atom stereocenters. The molecule has 5 rings (SSSR count). The van der Waals surface area contributed by atoms with Gasteiger partial charge >= 0.3 is 0 Å². The first kappa shape index (κ1) is 27.0. The molecule has 1 amide bonds. The molecule has 1 aliphatic carbocycles. The molecule has 2 aliphatic heterocycles. The van der Waals surface area contributed by atoms with E-state index in [1.807, 2.05) is 42.5 Å². The normalized spacial score (nSPS) is 26.3. The van der Waals surface area contributed by atoms with Crippen LogP contribution in [0.15, 0.2) is 18.3 Å². The predicted molar refractivity (Wildman–Crippen MR) is 150 cm³/mol. The van der Waals surface area contributed by atoms with Crippen molar-refractivity contribution >= 4 is 28.4 Å². The number of rotatable bonds is 5. The van der Waals surface area contributed by atoms with E-state index in [0.717, 1.165) is 54.3 Å².